The van der Waals surface area contributed by atoms with Crippen LogP contribution in [0.3, 0.4) is 0 Å². The Morgan fingerprint density at radius 1 is 1.20 bits per heavy atom. The number of aromatic nitrogens is 2. The Balaban J connectivity index is 2.35. The molecule has 0 atom stereocenters. The van der Waals surface area contributed by atoms with Gasteiger partial charge in [-0.1, -0.05) is 39.0 Å². The van der Waals surface area contributed by atoms with Crippen LogP contribution in [0, 0.1) is 6.92 Å². The van der Waals surface area contributed by atoms with Crippen LogP contribution in [0.4, 0.5) is 5.95 Å². The third-order valence-corrected chi connectivity index (χ3v) is 3.72. The second-order valence-electron chi connectivity index (χ2n) is 6.74. The topological polar surface area (TPSA) is 87.3 Å². The number of ether oxygens (including phenoxy) is 2. The first-order valence-electron chi connectivity index (χ1n) is 8.26. The van der Waals surface area contributed by atoms with Gasteiger partial charge in [0, 0.05) is 0 Å². The van der Waals surface area contributed by atoms with E-state index in [-0.39, 0.29) is 24.6 Å². The molecule has 0 bridgehead atoms. The Kier molecular flexibility index (Phi) is 5.62. The van der Waals surface area contributed by atoms with Gasteiger partial charge in [-0.05, 0) is 30.9 Å². The average Bonchev–Trinajstić information content (AvgIpc) is 2.51. The predicted molar refractivity (Wildman–Crippen MR) is 96.6 cm³/mol. The summed E-state index contributed by atoms with van der Waals surface area (Å²) in [6, 6.07) is 7.82. The van der Waals surface area contributed by atoms with Crippen LogP contribution >= 0.6 is 0 Å². The molecule has 2 aromatic rings. The number of aryl methyl sites for hydroxylation is 1. The molecule has 0 saturated carbocycles. The zero-order valence-corrected chi connectivity index (χ0v) is 15.4. The fourth-order valence-electron chi connectivity index (χ4n) is 2.59. The van der Waals surface area contributed by atoms with E-state index in [1.165, 1.54) is 0 Å². The van der Waals surface area contributed by atoms with Gasteiger partial charge >= 0.3 is 5.97 Å². The lowest BCUT2D eigenvalue weighted by atomic mass is 9.86. The van der Waals surface area contributed by atoms with Gasteiger partial charge in [0.05, 0.1) is 18.0 Å². The van der Waals surface area contributed by atoms with Gasteiger partial charge in [0.2, 0.25) is 5.95 Å². The third kappa shape index (κ3) is 4.47. The maximum absolute atomic E-state index is 12.2. The van der Waals surface area contributed by atoms with Crippen molar-refractivity contribution >= 4 is 11.9 Å². The molecule has 1 aromatic carbocycles. The van der Waals surface area contributed by atoms with Crippen LogP contribution in [0.25, 0.3) is 0 Å². The largest absolute Gasteiger partial charge is 0.487 e. The van der Waals surface area contributed by atoms with Gasteiger partial charge in [-0.3, -0.25) is 0 Å². The van der Waals surface area contributed by atoms with Gasteiger partial charge in [0.25, 0.3) is 0 Å². The summed E-state index contributed by atoms with van der Waals surface area (Å²) >= 11 is 0. The van der Waals surface area contributed by atoms with Gasteiger partial charge in [-0.2, -0.15) is 0 Å². The number of hydrogen-bond acceptors (Lipinski definition) is 6. The average molecular weight is 343 g/mol. The number of nitrogen functional groups attached to an aromatic ring is 1. The fraction of sp³-hybridized carbons (Fsp3) is 0.421. The van der Waals surface area contributed by atoms with Crippen LogP contribution in [-0.4, -0.2) is 22.5 Å². The van der Waals surface area contributed by atoms with E-state index in [2.05, 4.69) is 30.7 Å². The first-order chi connectivity index (χ1) is 11.7. The number of nitrogens with two attached hydrogens (primary N) is 1. The Morgan fingerprint density at radius 3 is 2.52 bits per heavy atom. The molecule has 0 aliphatic carbocycles. The minimum absolute atomic E-state index is 0.0683. The Morgan fingerprint density at radius 2 is 1.88 bits per heavy atom. The number of carbonyl (C=O) groups is 1. The number of nitrogens with zero attached hydrogens (tertiary/aromatic N) is 2. The van der Waals surface area contributed by atoms with Crippen LogP contribution in [-0.2, 0) is 16.8 Å². The van der Waals surface area contributed by atoms with E-state index in [0.717, 1.165) is 11.3 Å². The molecule has 2 N–H and O–H groups in total. The summed E-state index contributed by atoms with van der Waals surface area (Å²) in [7, 11) is 0. The van der Waals surface area contributed by atoms with Crippen molar-refractivity contribution in [1.82, 2.24) is 9.97 Å². The van der Waals surface area contributed by atoms with Crippen LogP contribution in [0.5, 0.6) is 5.75 Å². The molecule has 1 aromatic heterocycles. The van der Waals surface area contributed by atoms with Crippen LogP contribution in [0.1, 0.15) is 55.0 Å². The quantitative estimate of drug-likeness (QED) is 0.837. The fourth-order valence-corrected chi connectivity index (χ4v) is 2.59. The normalized spacial score (nSPS) is 11.2. The van der Waals surface area contributed by atoms with Gasteiger partial charge < -0.3 is 15.2 Å². The predicted octanol–water partition coefficient (Wildman–Crippen LogP) is 3.42. The van der Waals surface area contributed by atoms with Crippen molar-refractivity contribution in [3.8, 4) is 5.75 Å². The SMILES string of the molecule is CCOC(=O)c1c(C)nc(N)nc1COc1ccccc1C(C)(C)C. The van der Waals surface area contributed by atoms with E-state index in [0.29, 0.717) is 17.0 Å². The van der Waals surface area contributed by atoms with Crippen molar-refractivity contribution in [2.24, 2.45) is 0 Å². The van der Waals surface area contributed by atoms with Crippen LogP contribution < -0.4 is 10.5 Å². The Labute approximate surface area is 148 Å². The zero-order valence-electron chi connectivity index (χ0n) is 15.4. The summed E-state index contributed by atoms with van der Waals surface area (Å²) in [5, 5.41) is 0. The molecule has 2 rings (SSSR count). The van der Waals surface area contributed by atoms with E-state index in [4.69, 9.17) is 15.2 Å². The molecule has 25 heavy (non-hydrogen) atoms. The number of hydrogen-bond donors (Lipinski definition) is 1. The first kappa shape index (κ1) is 18.7. The van der Waals surface area contributed by atoms with Gasteiger partial charge in [0.1, 0.15) is 17.9 Å². The molecule has 0 saturated heterocycles. The highest BCUT2D eigenvalue weighted by Gasteiger charge is 2.22. The Bertz CT molecular complexity index is 767. The van der Waals surface area contributed by atoms with E-state index in [9.17, 15) is 4.79 Å². The zero-order chi connectivity index (χ0) is 18.6. The lowest BCUT2D eigenvalue weighted by Gasteiger charge is -2.23. The van der Waals surface area contributed by atoms with Crippen molar-refractivity contribution in [2.45, 2.75) is 46.6 Å². The second-order valence-corrected chi connectivity index (χ2v) is 6.74. The molecule has 0 radical (unpaired) electrons. The molecule has 6 nitrogen and oxygen atoms in total. The molecule has 0 spiro atoms. The van der Waals surface area contributed by atoms with Gasteiger partial charge in [-0.25, -0.2) is 14.8 Å². The van der Waals surface area contributed by atoms with Crippen LogP contribution in [0.2, 0.25) is 0 Å². The summed E-state index contributed by atoms with van der Waals surface area (Å²) in [5.41, 5.74) is 7.96. The number of anilines is 1. The smallest absolute Gasteiger partial charge is 0.341 e. The van der Waals surface area contributed by atoms with E-state index in [1.807, 2.05) is 24.3 Å². The molecule has 0 aliphatic rings. The van der Waals surface area contributed by atoms with E-state index in [1.54, 1.807) is 13.8 Å². The molecule has 0 fully saturated rings. The van der Waals surface area contributed by atoms with Crippen LogP contribution in [0.15, 0.2) is 24.3 Å². The third-order valence-electron chi connectivity index (χ3n) is 3.72. The highest BCUT2D eigenvalue weighted by Crippen LogP contribution is 2.31. The van der Waals surface area contributed by atoms with Crippen molar-refractivity contribution in [3.05, 3.63) is 46.8 Å². The molecule has 0 amide bonds. The van der Waals surface area contributed by atoms with Crippen molar-refractivity contribution in [1.29, 1.82) is 0 Å². The first-order valence-corrected chi connectivity index (χ1v) is 8.26. The number of rotatable bonds is 5. The lowest BCUT2D eigenvalue weighted by Crippen LogP contribution is -2.17. The number of para-hydroxylation sites is 1. The summed E-state index contributed by atoms with van der Waals surface area (Å²) < 4.78 is 11.1. The Hall–Kier alpha value is -2.63. The van der Waals surface area contributed by atoms with Crippen molar-refractivity contribution in [2.75, 3.05) is 12.3 Å². The number of benzene rings is 1. The number of carbonyl (C=O) groups excluding carboxylic acids is 1. The molecule has 0 aliphatic heterocycles. The molecular formula is C19H25N3O3. The molecule has 0 unspecified atom stereocenters. The highest BCUT2D eigenvalue weighted by molar-refractivity contribution is 5.91. The molecule has 1 heterocycles. The van der Waals surface area contributed by atoms with Crippen molar-refractivity contribution < 1.29 is 14.3 Å². The van der Waals surface area contributed by atoms with Gasteiger partial charge in [-0.15, -0.1) is 0 Å². The standard InChI is InChI=1S/C19H25N3O3/c1-6-24-17(23)16-12(2)21-18(20)22-14(16)11-25-15-10-8-7-9-13(15)19(3,4)5/h7-10H,6,11H2,1-5H3,(H2,20,21,22). The number of esters is 1. The molecule has 134 valence electrons. The summed E-state index contributed by atoms with van der Waals surface area (Å²) in [6.45, 7) is 10.2. The highest BCUT2D eigenvalue weighted by atomic mass is 16.5. The molecule has 6 heteroatoms. The summed E-state index contributed by atoms with van der Waals surface area (Å²) in [4.78, 5) is 20.5. The minimum Gasteiger partial charge on any atom is -0.487 e. The minimum atomic E-state index is -0.470. The van der Waals surface area contributed by atoms with E-state index >= 15 is 0 Å². The summed E-state index contributed by atoms with van der Waals surface area (Å²) in [6.07, 6.45) is 0. The van der Waals surface area contributed by atoms with E-state index < -0.39 is 5.97 Å². The maximum atomic E-state index is 12.2. The summed E-state index contributed by atoms with van der Waals surface area (Å²) in [5.74, 6) is 0.385. The lowest BCUT2D eigenvalue weighted by molar-refractivity contribution is 0.0521. The monoisotopic (exact) mass is 343 g/mol. The second kappa shape index (κ2) is 7.51. The maximum Gasteiger partial charge on any atom is 0.341 e. The van der Waals surface area contributed by atoms with Gasteiger partial charge in [0.15, 0.2) is 0 Å². The molecular weight excluding hydrogens is 318 g/mol. The van der Waals surface area contributed by atoms with Crippen molar-refractivity contribution in [3.63, 3.8) is 0 Å².